The predicted octanol–water partition coefficient (Wildman–Crippen LogP) is 3.36. The van der Waals surface area contributed by atoms with Gasteiger partial charge in [-0.2, -0.15) is 0 Å². The second-order valence-corrected chi connectivity index (χ2v) is 8.71. The molecule has 2 aromatic carbocycles. The highest BCUT2D eigenvalue weighted by Crippen LogP contribution is 2.40. The third-order valence-electron chi connectivity index (χ3n) is 4.69. The van der Waals surface area contributed by atoms with Crippen LogP contribution >= 0.6 is 0 Å². The number of fused-ring (bicyclic) bond motifs is 2. The monoisotopic (exact) mass is 403 g/mol. The van der Waals surface area contributed by atoms with Crippen molar-refractivity contribution < 1.29 is 17.2 Å². The number of benzene rings is 2. The third-order valence-corrected chi connectivity index (χ3v) is 5.30. The van der Waals surface area contributed by atoms with Gasteiger partial charge in [0.2, 0.25) is 16.0 Å². The lowest BCUT2D eigenvalue weighted by Crippen LogP contribution is -2.09. The zero-order valence-electron chi connectivity index (χ0n) is 14.7. The molecule has 1 N–H and O–H groups in total. The summed E-state index contributed by atoms with van der Waals surface area (Å²) < 4.78 is 56.6. The van der Waals surface area contributed by atoms with E-state index in [0.717, 1.165) is 31.2 Å². The summed E-state index contributed by atoms with van der Waals surface area (Å²) in [6, 6.07) is 7.37. The van der Waals surface area contributed by atoms with Crippen LogP contribution in [0.15, 0.2) is 36.7 Å². The molecule has 0 saturated heterocycles. The number of sulfonamides is 1. The molecule has 2 aromatic heterocycles. The van der Waals surface area contributed by atoms with Gasteiger partial charge < -0.3 is 4.57 Å². The molecule has 0 bridgehead atoms. The minimum absolute atomic E-state index is 0.152. The Hall–Kier alpha value is -3.01. The van der Waals surface area contributed by atoms with E-state index in [0.29, 0.717) is 33.7 Å². The molecule has 0 amide bonds. The molecule has 5 rings (SSSR count). The summed E-state index contributed by atoms with van der Waals surface area (Å²) in [7, 11) is -3.43. The lowest BCUT2D eigenvalue weighted by Gasteiger charge is -2.10. The van der Waals surface area contributed by atoms with E-state index in [2.05, 4.69) is 14.7 Å². The number of hydrogen-bond donors (Lipinski definition) is 1. The van der Waals surface area contributed by atoms with Crippen LogP contribution < -0.4 is 4.72 Å². The summed E-state index contributed by atoms with van der Waals surface area (Å²) in [4.78, 5) is 8.86. The smallest absolute Gasteiger partial charge is 0.229 e. The van der Waals surface area contributed by atoms with Crippen molar-refractivity contribution in [3.8, 4) is 5.95 Å². The fraction of sp³-hybridized carbons (Fsp3) is 0.222. The highest BCUT2D eigenvalue weighted by molar-refractivity contribution is 7.92. The Morgan fingerprint density at radius 1 is 1.07 bits per heavy atom. The zero-order chi connectivity index (χ0) is 19.6. The Balaban J connectivity index is 1.74. The Labute approximate surface area is 158 Å². The van der Waals surface area contributed by atoms with E-state index >= 15 is 0 Å². The van der Waals surface area contributed by atoms with Gasteiger partial charge in [0.1, 0.15) is 6.33 Å². The van der Waals surface area contributed by atoms with E-state index in [9.17, 15) is 17.2 Å². The van der Waals surface area contributed by atoms with Gasteiger partial charge in [0.25, 0.3) is 0 Å². The molecule has 10 heteroatoms. The second kappa shape index (κ2) is 5.74. The van der Waals surface area contributed by atoms with Gasteiger partial charge in [-0.25, -0.2) is 27.2 Å². The maximum absolute atomic E-state index is 13.8. The van der Waals surface area contributed by atoms with E-state index in [1.807, 2.05) is 4.57 Å². The molecule has 1 saturated carbocycles. The first kappa shape index (κ1) is 17.1. The first-order valence-electron chi connectivity index (χ1n) is 8.62. The van der Waals surface area contributed by atoms with Crippen molar-refractivity contribution in [1.82, 2.24) is 19.1 Å². The number of anilines is 1. The molecule has 1 aliphatic rings. The van der Waals surface area contributed by atoms with Gasteiger partial charge in [0, 0.05) is 18.2 Å². The van der Waals surface area contributed by atoms with E-state index in [1.165, 1.54) is 0 Å². The highest BCUT2D eigenvalue weighted by atomic mass is 32.2. The van der Waals surface area contributed by atoms with Crippen LogP contribution in [0.25, 0.3) is 28.0 Å². The quantitative estimate of drug-likeness (QED) is 0.567. The predicted molar refractivity (Wildman–Crippen MR) is 101 cm³/mol. The molecule has 0 radical (unpaired) electrons. The Morgan fingerprint density at radius 2 is 1.82 bits per heavy atom. The van der Waals surface area contributed by atoms with Crippen LogP contribution in [0.3, 0.4) is 0 Å². The average molecular weight is 403 g/mol. The molecule has 0 aliphatic heterocycles. The van der Waals surface area contributed by atoms with Gasteiger partial charge in [-0.3, -0.25) is 9.29 Å². The van der Waals surface area contributed by atoms with E-state index in [4.69, 9.17) is 0 Å². The normalized spacial score (nSPS) is 14.8. The van der Waals surface area contributed by atoms with Gasteiger partial charge in [-0.15, -0.1) is 0 Å². The van der Waals surface area contributed by atoms with Gasteiger partial charge in [-0.05, 0) is 31.0 Å². The lowest BCUT2D eigenvalue weighted by molar-refractivity contribution is 0.510. The lowest BCUT2D eigenvalue weighted by atomic mass is 10.3. The molecule has 4 aromatic rings. The SMILES string of the molecule is CS(=O)(=O)Nc1ccc2ncn(-c3nc4cc(F)c(F)cc4n3C3CC3)c2c1. The molecule has 0 spiro atoms. The van der Waals surface area contributed by atoms with Crippen molar-refractivity contribution in [2.24, 2.45) is 0 Å². The fourth-order valence-electron chi connectivity index (χ4n) is 3.38. The van der Waals surface area contributed by atoms with Crippen LogP contribution in [-0.4, -0.2) is 33.8 Å². The van der Waals surface area contributed by atoms with Crippen molar-refractivity contribution in [2.75, 3.05) is 11.0 Å². The molecular weight excluding hydrogens is 388 g/mol. The van der Waals surface area contributed by atoms with Crippen molar-refractivity contribution in [3.63, 3.8) is 0 Å². The van der Waals surface area contributed by atoms with Crippen LogP contribution in [0.2, 0.25) is 0 Å². The number of aromatic nitrogens is 4. The third kappa shape index (κ3) is 2.80. The average Bonchev–Trinajstić information content (AvgIpc) is 3.26. The molecular formula is C18H15F2N5O2S. The Kier molecular flexibility index (Phi) is 3.51. The van der Waals surface area contributed by atoms with Crippen molar-refractivity contribution in [1.29, 1.82) is 0 Å². The maximum Gasteiger partial charge on any atom is 0.229 e. The summed E-state index contributed by atoms with van der Waals surface area (Å²) >= 11 is 0. The van der Waals surface area contributed by atoms with Crippen LogP contribution in [0.4, 0.5) is 14.5 Å². The first-order chi connectivity index (χ1) is 13.3. The number of halogens is 2. The van der Waals surface area contributed by atoms with Crippen molar-refractivity contribution in [2.45, 2.75) is 18.9 Å². The standard InChI is InChI=1S/C18H15F2N5O2S/c1-28(26,27)23-10-2-5-14-16(6-10)24(9-21-14)18-22-15-7-12(19)13(20)8-17(15)25(18)11-3-4-11/h2,5-9,11,23H,3-4H2,1H3. The number of hydrogen-bond acceptors (Lipinski definition) is 4. The number of nitrogens with zero attached hydrogens (tertiary/aromatic N) is 4. The van der Waals surface area contributed by atoms with Crippen LogP contribution in [0.1, 0.15) is 18.9 Å². The summed E-state index contributed by atoms with van der Waals surface area (Å²) in [5.74, 6) is -1.38. The molecule has 1 aliphatic carbocycles. The van der Waals surface area contributed by atoms with Gasteiger partial charge in [0.15, 0.2) is 11.6 Å². The second-order valence-electron chi connectivity index (χ2n) is 6.96. The summed E-state index contributed by atoms with van der Waals surface area (Å²) in [5, 5.41) is 0. The van der Waals surface area contributed by atoms with E-state index in [1.54, 1.807) is 29.1 Å². The van der Waals surface area contributed by atoms with Gasteiger partial charge >= 0.3 is 0 Å². The Morgan fingerprint density at radius 3 is 2.54 bits per heavy atom. The maximum atomic E-state index is 13.8. The fourth-order valence-corrected chi connectivity index (χ4v) is 3.94. The largest absolute Gasteiger partial charge is 0.306 e. The minimum atomic E-state index is -3.43. The van der Waals surface area contributed by atoms with E-state index < -0.39 is 21.7 Å². The molecule has 0 atom stereocenters. The van der Waals surface area contributed by atoms with Gasteiger partial charge in [-0.1, -0.05) is 0 Å². The summed E-state index contributed by atoms with van der Waals surface area (Å²) in [6.45, 7) is 0. The zero-order valence-corrected chi connectivity index (χ0v) is 15.5. The number of rotatable bonds is 4. The number of nitrogens with one attached hydrogen (secondary N) is 1. The topological polar surface area (TPSA) is 81.8 Å². The summed E-state index contributed by atoms with van der Waals surface area (Å²) in [5.41, 5.74) is 2.54. The molecule has 28 heavy (non-hydrogen) atoms. The van der Waals surface area contributed by atoms with Crippen LogP contribution in [0, 0.1) is 11.6 Å². The van der Waals surface area contributed by atoms with E-state index in [-0.39, 0.29) is 6.04 Å². The highest BCUT2D eigenvalue weighted by Gasteiger charge is 2.30. The van der Waals surface area contributed by atoms with Gasteiger partial charge in [0.05, 0.1) is 34.0 Å². The molecule has 0 unspecified atom stereocenters. The van der Waals surface area contributed by atoms with Crippen molar-refractivity contribution >= 4 is 37.8 Å². The first-order valence-corrected chi connectivity index (χ1v) is 10.5. The van der Waals surface area contributed by atoms with Crippen LogP contribution in [0.5, 0.6) is 0 Å². The van der Waals surface area contributed by atoms with Crippen LogP contribution in [-0.2, 0) is 10.0 Å². The molecule has 144 valence electrons. The molecule has 7 nitrogen and oxygen atoms in total. The summed E-state index contributed by atoms with van der Waals surface area (Å²) in [6.07, 6.45) is 4.49. The van der Waals surface area contributed by atoms with Crippen molar-refractivity contribution in [3.05, 3.63) is 48.3 Å². The Bertz CT molecular complexity index is 1360. The minimum Gasteiger partial charge on any atom is -0.306 e. The molecule has 1 fully saturated rings. The molecule has 2 heterocycles. The number of imidazole rings is 2.